The molecule has 3 heteroatoms. The smallest absolute Gasteiger partial charge is 0.249 e. The number of carbonyl (C=O) groups is 1. The van der Waals surface area contributed by atoms with E-state index >= 15 is 0 Å². The molecule has 1 amide bonds. The fourth-order valence-corrected chi connectivity index (χ4v) is 1.69. The minimum Gasteiger partial charge on any atom is -0.289 e. The molecule has 0 aromatic carbocycles. The number of hydrogen-bond acceptors (Lipinski definition) is 2. The van der Waals surface area contributed by atoms with Gasteiger partial charge in [0.1, 0.15) is 0 Å². The van der Waals surface area contributed by atoms with Crippen LogP contribution in [0.2, 0.25) is 0 Å². The maximum atomic E-state index is 11.1. The Kier molecular flexibility index (Phi) is 5.39. The Morgan fingerprint density at radius 1 is 1.31 bits per heavy atom. The van der Waals surface area contributed by atoms with Gasteiger partial charge in [-0.15, -0.1) is 13.2 Å². The van der Waals surface area contributed by atoms with Gasteiger partial charge in [-0.1, -0.05) is 26.2 Å². The standard InChI is InChI=1S/C8H15NO2.C2H4/c1-8(7(10)9-11)5-3-2-4-6-8;1-2/h11H,2-6H2,1H3,(H,9,10);1-2H2. The predicted octanol–water partition coefficient (Wildman–Crippen LogP) is 2.26. The van der Waals surface area contributed by atoms with Crippen molar-refractivity contribution in [3.05, 3.63) is 13.2 Å². The van der Waals surface area contributed by atoms with E-state index in [1.54, 1.807) is 5.48 Å². The SMILES string of the molecule is C=C.CC1(C(=O)NO)CCCCC1. The molecule has 1 aliphatic rings. The van der Waals surface area contributed by atoms with E-state index in [1.807, 2.05) is 6.92 Å². The third-order valence-corrected chi connectivity index (χ3v) is 2.61. The minimum absolute atomic E-state index is 0.225. The molecule has 0 radical (unpaired) electrons. The van der Waals surface area contributed by atoms with Crippen molar-refractivity contribution in [2.75, 3.05) is 0 Å². The lowest BCUT2D eigenvalue weighted by atomic mass is 9.75. The fourth-order valence-electron chi connectivity index (χ4n) is 1.69. The van der Waals surface area contributed by atoms with Crippen LogP contribution in [0.4, 0.5) is 0 Å². The van der Waals surface area contributed by atoms with Crippen LogP contribution in [0.1, 0.15) is 39.0 Å². The summed E-state index contributed by atoms with van der Waals surface area (Å²) in [5.74, 6) is -0.225. The quantitative estimate of drug-likeness (QED) is 0.374. The zero-order valence-electron chi connectivity index (χ0n) is 8.31. The summed E-state index contributed by atoms with van der Waals surface area (Å²) in [4.78, 5) is 11.1. The van der Waals surface area contributed by atoms with E-state index in [-0.39, 0.29) is 11.3 Å². The van der Waals surface area contributed by atoms with Gasteiger partial charge in [0.05, 0.1) is 0 Å². The van der Waals surface area contributed by atoms with Crippen LogP contribution in [-0.4, -0.2) is 11.1 Å². The van der Waals surface area contributed by atoms with E-state index in [2.05, 4.69) is 13.2 Å². The van der Waals surface area contributed by atoms with Crippen LogP contribution >= 0.6 is 0 Å². The first kappa shape index (κ1) is 12.2. The highest BCUT2D eigenvalue weighted by Crippen LogP contribution is 2.35. The van der Waals surface area contributed by atoms with E-state index in [4.69, 9.17) is 5.21 Å². The third kappa shape index (κ3) is 3.19. The molecule has 0 heterocycles. The molecule has 0 unspecified atom stereocenters. The third-order valence-electron chi connectivity index (χ3n) is 2.61. The fraction of sp³-hybridized carbons (Fsp3) is 0.700. The first-order chi connectivity index (χ1) is 6.19. The molecule has 1 saturated carbocycles. The number of nitrogens with one attached hydrogen (secondary N) is 1. The summed E-state index contributed by atoms with van der Waals surface area (Å²) in [6.07, 6.45) is 5.22. The van der Waals surface area contributed by atoms with Gasteiger partial charge in [0.15, 0.2) is 0 Å². The molecule has 1 fully saturated rings. The van der Waals surface area contributed by atoms with Gasteiger partial charge >= 0.3 is 0 Å². The first-order valence-electron chi connectivity index (χ1n) is 4.63. The van der Waals surface area contributed by atoms with Crippen molar-refractivity contribution in [3.8, 4) is 0 Å². The zero-order valence-corrected chi connectivity index (χ0v) is 8.31. The van der Waals surface area contributed by atoms with Gasteiger partial charge in [-0.05, 0) is 12.8 Å². The second-order valence-corrected chi connectivity index (χ2v) is 3.56. The molecule has 1 aliphatic carbocycles. The molecule has 0 aromatic heterocycles. The number of hydrogen-bond donors (Lipinski definition) is 2. The number of carbonyl (C=O) groups excluding carboxylic acids is 1. The normalized spacial score (nSPS) is 19.5. The van der Waals surface area contributed by atoms with Crippen LogP contribution in [0.15, 0.2) is 13.2 Å². The predicted molar refractivity (Wildman–Crippen MR) is 52.4 cm³/mol. The molecule has 0 saturated heterocycles. The number of rotatable bonds is 1. The van der Waals surface area contributed by atoms with Crippen LogP contribution in [0.3, 0.4) is 0 Å². The lowest BCUT2D eigenvalue weighted by molar-refractivity contribution is -0.140. The average Bonchev–Trinajstić information content (AvgIpc) is 2.21. The molecule has 0 aromatic rings. The minimum atomic E-state index is -0.312. The Bertz CT molecular complexity index is 162. The molecule has 3 nitrogen and oxygen atoms in total. The van der Waals surface area contributed by atoms with Gasteiger partial charge in [-0.25, -0.2) is 5.48 Å². The molecule has 0 bridgehead atoms. The molecule has 0 aliphatic heterocycles. The molecular formula is C10H19NO2. The molecule has 2 N–H and O–H groups in total. The Labute approximate surface area is 79.8 Å². The maximum Gasteiger partial charge on any atom is 0.249 e. The van der Waals surface area contributed by atoms with Crippen LogP contribution in [0, 0.1) is 5.41 Å². The Hall–Kier alpha value is -0.830. The van der Waals surface area contributed by atoms with Crippen LogP contribution in [0.25, 0.3) is 0 Å². The van der Waals surface area contributed by atoms with E-state index in [9.17, 15) is 4.79 Å². The van der Waals surface area contributed by atoms with Crippen molar-refractivity contribution >= 4 is 5.91 Å². The van der Waals surface area contributed by atoms with Gasteiger partial charge in [0.25, 0.3) is 0 Å². The summed E-state index contributed by atoms with van der Waals surface area (Å²) < 4.78 is 0. The summed E-state index contributed by atoms with van der Waals surface area (Å²) in [5, 5.41) is 8.45. The summed E-state index contributed by atoms with van der Waals surface area (Å²) >= 11 is 0. The van der Waals surface area contributed by atoms with E-state index in [1.165, 1.54) is 6.42 Å². The lowest BCUT2D eigenvalue weighted by Gasteiger charge is -2.30. The Balaban J connectivity index is 0.000000671. The molecule has 0 atom stereocenters. The van der Waals surface area contributed by atoms with Crippen molar-refractivity contribution in [1.29, 1.82) is 0 Å². The second-order valence-electron chi connectivity index (χ2n) is 3.56. The molecular weight excluding hydrogens is 166 g/mol. The van der Waals surface area contributed by atoms with Crippen LogP contribution in [-0.2, 0) is 4.79 Å². The van der Waals surface area contributed by atoms with Gasteiger partial charge < -0.3 is 0 Å². The Morgan fingerprint density at radius 3 is 2.15 bits per heavy atom. The second kappa shape index (κ2) is 5.75. The van der Waals surface area contributed by atoms with Gasteiger partial charge in [-0.2, -0.15) is 0 Å². The summed E-state index contributed by atoms with van der Waals surface area (Å²) in [5.41, 5.74) is 1.42. The molecule has 1 rings (SSSR count). The summed E-state index contributed by atoms with van der Waals surface area (Å²) in [6.45, 7) is 7.91. The highest BCUT2D eigenvalue weighted by Gasteiger charge is 2.34. The maximum absolute atomic E-state index is 11.1. The number of amides is 1. The number of hydroxylamine groups is 1. The van der Waals surface area contributed by atoms with E-state index in [0.717, 1.165) is 25.7 Å². The van der Waals surface area contributed by atoms with Crippen molar-refractivity contribution < 1.29 is 10.0 Å². The first-order valence-corrected chi connectivity index (χ1v) is 4.63. The zero-order chi connectivity index (χ0) is 10.3. The highest BCUT2D eigenvalue weighted by atomic mass is 16.5. The van der Waals surface area contributed by atoms with Crippen molar-refractivity contribution in [3.63, 3.8) is 0 Å². The van der Waals surface area contributed by atoms with Crippen molar-refractivity contribution in [2.24, 2.45) is 5.41 Å². The van der Waals surface area contributed by atoms with Gasteiger partial charge in [0.2, 0.25) is 5.91 Å². The summed E-state index contributed by atoms with van der Waals surface area (Å²) in [7, 11) is 0. The van der Waals surface area contributed by atoms with Crippen molar-refractivity contribution in [2.45, 2.75) is 39.0 Å². The monoisotopic (exact) mass is 185 g/mol. The molecule has 76 valence electrons. The lowest BCUT2D eigenvalue weighted by Crippen LogP contribution is -2.38. The van der Waals surface area contributed by atoms with Crippen molar-refractivity contribution in [1.82, 2.24) is 5.48 Å². The topological polar surface area (TPSA) is 49.3 Å². The average molecular weight is 185 g/mol. The summed E-state index contributed by atoms with van der Waals surface area (Å²) in [6, 6.07) is 0. The van der Waals surface area contributed by atoms with E-state index in [0.29, 0.717) is 0 Å². The highest BCUT2D eigenvalue weighted by molar-refractivity contribution is 5.81. The molecule has 0 spiro atoms. The van der Waals surface area contributed by atoms with E-state index < -0.39 is 0 Å². The van der Waals surface area contributed by atoms with Gasteiger partial charge in [-0.3, -0.25) is 10.0 Å². The largest absolute Gasteiger partial charge is 0.289 e. The van der Waals surface area contributed by atoms with Crippen LogP contribution < -0.4 is 5.48 Å². The van der Waals surface area contributed by atoms with Crippen LogP contribution in [0.5, 0.6) is 0 Å². The van der Waals surface area contributed by atoms with Gasteiger partial charge in [0, 0.05) is 5.41 Å². The molecule has 13 heavy (non-hydrogen) atoms. The Morgan fingerprint density at radius 2 is 1.77 bits per heavy atom.